The predicted molar refractivity (Wildman–Crippen MR) is 97.2 cm³/mol. The third-order valence-electron chi connectivity index (χ3n) is 3.15. The molecule has 0 fully saturated rings. The Morgan fingerprint density at radius 2 is 1.91 bits per heavy atom. The maximum atomic E-state index is 5.53. The van der Waals surface area contributed by atoms with E-state index in [0.29, 0.717) is 5.95 Å². The minimum atomic E-state index is 0.550. The van der Waals surface area contributed by atoms with Gasteiger partial charge >= 0.3 is 0 Å². The highest BCUT2D eigenvalue weighted by Crippen LogP contribution is 2.31. The first-order valence-electron chi connectivity index (χ1n) is 6.92. The van der Waals surface area contributed by atoms with Crippen LogP contribution in [0.1, 0.15) is 5.69 Å². The van der Waals surface area contributed by atoms with Gasteiger partial charge in [-0.25, -0.2) is 15.0 Å². The Morgan fingerprint density at radius 3 is 2.57 bits per heavy atom. The quantitative estimate of drug-likeness (QED) is 0.609. The van der Waals surface area contributed by atoms with Crippen molar-refractivity contribution in [2.75, 3.05) is 17.7 Å². The van der Waals surface area contributed by atoms with Gasteiger partial charge in [0.1, 0.15) is 0 Å². The fourth-order valence-electron chi connectivity index (χ4n) is 2.03. The Bertz CT molecular complexity index is 800. The predicted octanol–water partition coefficient (Wildman–Crippen LogP) is 3.66. The van der Waals surface area contributed by atoms with Crippen molar-refractivity contribution in [2.24, 2.45) is 5.14 Å². The van der Waals surface area contributed by atoms with Gasteiger partial charge in [-0.3, -0.25) is 5.14 Å². The van der Waals surface area contributed by atoms with Gasteiger partial charge in [0.25, 0.3) is 0 Å². The molecule has 0 unspecified atom stereocenters. The number of benzene rings is 1. The molecule has 3 aromatic rings. The molecule has 0 saturated heterocycles. The van der Waals surface area contributed by atoms with Crippen LogP contribution in [0, 0.1) is 6.92 Å². The van der Waals surface area contributed by atoms with E-state index < -0.39 is 0 Å². The molecule has 3 rings (SSSR count). The molecule has 1 aromatic carbocycles. The third-order valence-corrected chi connectivity index (χ3v) is 4.89. The average Bonchev–Trinajstić information content (AvgIpc) is 2.97. The molecule has 0 atom stereocenters. The van der Waals surface area contributed by atoms with Crippen LogP contribution in [0.3, 0.4) is 0 Å². The van der Waals surface area contributed by atoms with E-state index in [1.165, 1.54) is 11.9 Å². The molecule has 0 saturated carbocycles. The Kier molecular flexibility index (Phi) is 4.75. The van der Waals surface area contributed by atoms with Crippen molar-refractivity contribution in [1.82, 2.24) is 15.0 Å². The Balaban J connectivity index is 1.85. The summed E-state index contributed by atoms with van der Waals surface area (Å²) in [6, 6.07) is 9.68. The molecule has 4 N–H and O–H groups in total. The number of nitrogens with one attached hydrogen (secondary N) is 2. The van der Waals surface area contributed by atoms with Gasteiger partial charge in [0, 0.05) is 23.8 Å². The fraction of sp³-hybridized carbons (Fsp3) is 0.133. The molecule has 2 aromatic heterocycles. The number of aryl methyl sites for hydroxylation is 1. The second kappa shape index (κ2) is 6.95. The number of nitrogens with two attached hydrogens (primary N) is 1. The van der Waals surface area contributed by atoms with Crippen LogP contribution in [-0.4, -0.2) is 22.0 Å². The summed E-state index contributed by atoms with van der Waals surface area (Å²) in [4.78, 5) is 15.3. The van der Waals surface area contributed by atoms with Gasteiger partial charge in [-0.2, -0.15) is 0 Å². The van der Waals surface area contributed by atoms with Crippen LogP contribution < -0.4 is 15.8 Å². The number of nitrogens with zero attached hydrogens (tertiary/aromatic N) is 3. The summed E-state index contributed by atoms with van der Waals surface area (Å²) in [6.07, 6.45) is 1.74. The lowest BCUT2D eigenvalue weighted by molar-refractivity contribution is 1.16. The summed E-state index contributed by atoms with van der Waals surface area (Å²) < 4.78 is 0. The summed E-state index contributed by atoms with van der Waals surface area (Å²) in [5.41, 5.74) is 2.72. The highest BCUT2D eigenvalue weighted by atomic mass is 32.2. The van der Waals surface area contributed by atoms with Crippen molar-refractivity contribution in [3.05, 3.63) is 42.2 Å². The van der Waals surface area contributed by atoms with Crippen molar-refractivity contribution in [3.8, 4) is 10.6 Å². The molecule has 0 bridgehead atoms. The molecule has 0 aliphatic rings. The standard InChI is InChI=1S/C15H16N6S2/c1-9-13(22-15(17-2)19-9)12-7-8-18-14(21-12)20-10-3-5-11(23-16)6-4-10/h3-8H,16H2,1-2H3,(H,17,19)(H,18,20,21). The number of hydrogen-bond donors (Lipinski definition) is 3. The number of anilines is 3. The molecule has 118 valence electrons. The van der Waals surface area contributed by atoms with Crippen LogP contribution in [0.5, 0.6) is 0 Å². The average molecular weight is 344 g/mol. The maximum absolute atomic E-state index is 5.53. The topological polar surface area (TPSA) is 88.8 Å². The summed E-state index contributed by atoms with van der Waals surface area (Å²) in [6.45, 7) is 1.98. The molecule has 23 heavy (non-hydrogen) atoms. The minimum absolute atomic E-state index is 0.550. The lowest BCUT2D eigenvalue weighted by Crippen LogP contribution is -1.97. The normalized spacial score (nSPS) is 10.6. The first kappa shape index (κ1) is 15.7. The van der Waals surface area contributed by atoms with Gasteiger partial charge in [0.15, 0.2) is 5.13 Å². The highest BCUT2D eigenvalue weighted by molar-refractivity contribution is 7.97. The van der Waals surface area contributed by atoms with E-state index in [0.717, 1.165) is 32.0 Å². The SMILES string of the molecule is CNc1nc(C)c(-c2ccnc(Nc3ccc(SN)cc3)n2)s1. The summed E-state index contributed by atoms with van der Waals surface area (Å²) >= 11 is 2.79. The largest absolute Gasteiger partial charge is 0.365 e. The maximum Gasteiger partial charge on any atom is 0.227 e. The number of rotatable bonds is 5. The zero-order valence-corrected chi connectivity index (χ0v) is 14.3. The van der Waals surface area contributed by atoms with Gasteiger partial charge in [-0.1, -0.05) is 11.3 Å². The van der Waals surface area contributed by atoms with E-state index in [1.807, 2.05) is 44.3 Å². The first-order valence-corrected chi connectivity index (χ1v) is 8.61. The van der Waals surface area contributed by atoms with Crippen LogP contribution in [0.15, 0.2) is 41.4 Å². The minimum Gasteiger partial charge on any atom is -0.365 e. The van der Waals surface area contributed by atoms with Gasteiger partial charge in [-0.05, 0) is 49.2 Å². The summed E-state index contributed by atoms with van der Waals surface area (Å²) in [5.74, 6) is 0.550. The molecular formula is C15H16N6S2. The van der Waals surface area contributed by atoms with E-state index in [9.17, 15) is 0 Å². The first-order chi connectivity index (χ1) is 11.2. The molecule has 0 spiro atoms. The van der Waals surface area contributed by atoms with E-state index in [-0.39, 0.29) is 0 Å². The number of aromatic nitrogens is 3. The van der Waals surface area contributed by atoms with Crippen molar-refractivity contribution in [3.63, 3.8) is 0 Å². The van der Waals surface area contributed by atoms with Crippen LogP contribution in [0.25, 0.3) is 10.6 Å². The van der Waals surface area contributed by atoms with E-state index in [2.05, 4.69) is 25.6 Å². The van der Waals surface area contributed by atoms with Crippen molar-refractivity contribution >= 4 is 40.1 Å². The van der Waals surface area contributed by atoms with Gasteiger partial charge in [0.05, 0.1) is 16.3 Å². The zero-order valence-electron chi connectivity index (χ0n) is 12.7. The molecule has 2 heterocycles. The number of thiazole rings is 1. The summed E-state index contributed by atoms with van der Waals surface area (Å²) in [5, 5.41) is 12.7. The van der Waals surface area contributed by atoms with Crippen molar-refractivity contribution < 1.29 is 0 Å². The van der Waals surface area contributed by atoms with Crippen LogP contribution in [-0.2, 0) is 0 Å². The van der Waals surface area contributed by atoms with Gasteiger partial charge < -0.3 is 10.6 Å². The Labute approximate surface area is 142 Å². The monoisotopic (exact) mass is 344 g/mol. The second-order valence-corrected chi connectivity index (χ2v) is 6.42. The second-order valence-electron chi connectivity index (χ2n) is 4.72. The molecule has 0 aliphatic carbocycles. The molecule has 0 radical (unpaired) electrons. The molecule has 8 heteroatoms. The van der Waals surface area contributed by atoms with Gasteiger partial charge in [0.2, 0.25) is 5.95 Å². The fourth-order valence-corrected chi connectivity index (χ4v) is 3.22. The van der Waals surface area contributed by atoms with Gasteiger partial charge in [-0.15, -0.1) is 0 Å². The lowest BCUT2D eigenvalue weighted by atomic mass is 10.3. The van der Waals surface area contributed by atoms with E-state index >= 15 is 0 Å². The molecule has 6 nitrogen and oxygen atoms in total. The third kappa shape index (κ3) is 3.61. The number of hydrogen-bond acceptors (Lipinski definition) is 8. The lowest BCUT2D eigenvalue weighted by Gasteiger charge is -2.06. The summed E-state index contributed by atoms with van der Waals surface area (Å²) in [7, 11) is 1.86. The molecule has 0 amide bonds. The van der Waals surface area contributed by atoms with Crippen LogP contribution >= 0.6 is 23.3 Å². The Morgan fingerprint density at radius 1 is 1.13 bits per heavy atom. The van der Waals surface area contributed by atoms with Crippen LogP contribution in [0.4, 0.5) is 16.8 Å². The van der Waals surface area contributed by atoms with E-state index in [1.54, 1.807) is 17.5 Å². The van der Waals surface area contributed by atoms with Crippen LogP contribution in [0.2, 0.25) is 0 Å². The highest BCUT2D eigenvalue weighted by Gasteiger charge is 2.11. The van der Waals surface area contributed by atoms with Crippen molar-refractivity contribution in [1.29, 1.82) is 0 Å². The van der Waals surface area contributed by atoms with Crippen molar-refractivity contribution in [2.45, 2.75) is 11.8 Å². The molecule has 0 aliphatic heterocycles. The zero-order chi connectivity index (χ0) is 16.2. The molecular weight excluding hydrogens is 328 g/mol. The smallest absolute Gasteiger partial charge is 0.227 e. The Hall–Kier alpha value is -2.16. The van der Waals surface area contributed by atoms with E-state index in [4.69, 9.17) is 5.14 Å².